The molecular weight excluding hydrogens is 348 g/mol. The van der Waals surface area contributed by atoms with E-state index in [2.05, 4.69) is 0 Å². The summed E-state index contributed by atoms with van der Waals surface area (Å²) in [5.74, 6) is 1.74. The van der Waals surface area contributed by atoms with Crippen LogP contribution in [0.3, 0.4) is 0 Å². The Labute approximate surface area is 162 Å². The van der Waals surface area contributed by atoms with Crippen molar-refractivity contribution in [1.29, 1.82) is 0 Å². The molecule has 1 unspecified atom stereocenters. The molecule has 0 radical (unpaired) electrons. The molecule has 154 valence electrons. The van der Waals surface area contributed by atoms with Gasteiger partial charge in [0, 0.05) is 13.2 Å². The number of para-hydroxylation sites is 2. The molecule has 0 saturated heterocycles. The fraction of sp³-hybridized carbons (Fsp3) is 0.429. The van der Waals surface area contributed by atoms with Crippen LogP contribution < -0.4 is 4.74 Å². The standard InChI is InChI=1S/C12H10O.C4H10O.C3H8O2.C2H6O2/c1-3-7-11(8-4-1)13-12-9-5-2-6-10-12;1-3-5-4-2;1-3(5)2-4;3-1-2-4/h1-10H;3-4H2,1-2H3;3-5H,2H2,1H3;3-4H,1-2H2. The molecule has 2 rings (SSSR count). The van der Waals surface area contributed by atoms with Crippen LogP contribution in [0.1, 0.15) is 20.8 Å². The second kappa shape index (κ2) is 22.1. The lowest BCUT2D eigenvalue weighted by molar-refractivity contribution is 0.110. The summed E-state index contributed by atoms with van der Waals surface area (Å²) in [7, 11) is 0. The van der Waals surface area contributed by atoms with Crippen molar-refractivity contribution in [3.05, 3.63) is 60.7 Å². The van der Waals surface area contributed by atoms with Gasteiger partial charge in [-0.2, -0.15) is 0 Å². The molecule has 6 heteroatoms. The van der Waals surface area contributed by atoms with E-state index in [0.717, 1.165) is 24.7 Å². The van der Waals surface area contributed by atoms with Crippen LogP contribution in [-0.2, 0) is 4.74 Å². The van der Waals surface area contributed by atoms with Gasteiger partial charge in [0.1, 0.15) is 11.5 Å². The Morgan fingerprint density at radius 3 is 1.26 bits per heavy atom. The van der Waals surface area contributed by atoms with Crippen molar-refractivity contribution in [3.8, 4) is 11.5 Å². The Morgan fingerprint density at radius 1 is 0.741 bits per heavy atom. The molecule has 0 spiro atoms. The van der Waals surface area contributed by atoms with E-state index >= 15 is 0 Å². The van der Waals surface area contributed by atoms with E-state index in [4.69, 9.17) is 29.9 Å². The van der Waals surface area contributed by atoms with Gasteiger partial charge in [-0.1, -0.05) is 36.4 Å². The molecule has 4 N–H and O–H groups in total. The molecule has 6 nitrogen and oxygen atoms in total. The van der Waals surface area contributed by atoms with Gasteiger partial charge in [0.05, 0.1) is 25.9 Å². The Hall–Kier alpha value is -1.96. The van der Waals surface area contributed by atoms with Crippen LogP contribution in [0.4, 0.5) is 0 Å². The summed E-state index contributed by atoms with van der Waals surface area (Å²) in [6.07, 6.45) is -0.560. The predicted octanol–water partition coefficient (Wildman–Crippen LogP) is 2.85. The zero-order valence-electron chi connectivity index (χ0n) is 16.5. The van der Waals surface area contributed by atoms with Crippen molar-refractivity contribution in [2.75, 3.05) is 33.0 Å². The number of rotatable bonds is 6. The molecule has 0 bridgehead atoms. The fourth-order valence-corrected chi connectivity index (χ4v) is 1.32. The maximum absolute atomic E-state index is 8.11. The molecule has 2 aromatic rings. The lowest BCUT2D eigenvalue weighted by Crippen LogP contribution is -2.03. The Bertz CT molecular complexity index is 449. The highest BCUT2D eigenvalue weighted by atomic mass is 16.5. The van der Waals surface area contributed by atoms with Crippen LogP contribution in [0.2, 0.25) is 0 Å². The monoisotopic (exact) mass is 382 g/mol. The van der Waals surface area contributed by atoms with E-state index in [1.807, 2.05) is 74.5 Å². The Kier molecular flexibility index (Phi) is 22.3. The van der Waals surface area contributed by atoms with Crippen molar-refractivity contribution in [2.45, 2.75) is 26.9 Å². The van der Waals surface area contributed by atoms with Crippen LogP contribution in [0.15, 0.2) is 60.7 Å². The fourth-order valence-electron chi connectivity index (χ4n) is 1.32. The van der Waals surface area contributed by atoms with E-state index in [-0.39, 0.29) is 19.8 Å². The number of hydrogen-bond donors (Lipinski definition) is 4. The SMILES string of the molecule is CC(O)CO.CCOCC.OCCO.c1ccc(Oc2ccccc2)cc1. The number of aliphatic hydroxyl groups excluding tert-OH is 4. The first-order valence-corrected chi connectivity index (χ1v) is 8.91. The van der Waals surface area contributed by atoms with Gasteiger partial charge in [0.2, 0.25) is 0 Å². The Morgan fingerprint density at radius 2 is 1.07 bits per heavy atom. The summed E-state index contributed by atoms with van der Waals surface area (Å²) in [6.45, 7) is 6.81. The van der Waals surface area contributed by atoms with Crippen molar-refractivity contribution in [2.24, 2.45) is 0 Å². The topological polar surface area (TPSA) is 99.4 Å². The van der Waals surface area contributed by atoms with E-state index in [1.165, 1.54) is 6.92 Å². The minimum absolute atomic E-state index is 0.125. The van der Waals surface area contributed by atoms with Crippen molar-refractivity contribution in [3.63, 3.8) is 0 Å². The molecule has 1 atom stereocenters. The normalized spacial score (nSPS) is 10.0. The minimum Gasteiger partial charge on any atom is -0.457 e. The van der Waals surface area contributed by atoms with Gasteiger partial charge in [-0.25, -0.2) is 0 Å². The first-order valence-electron chi connectivity index (χ1n) is 8.91. The zero-order valence-corrected chi connectivity index (χ0v) is 16.5. The molecular formula is C21H34O6. The molecule has 0 heterocycles. The van der Waals surface area contributed by atoms with E-state index in [0.29, 0.717) is 0 Å². The van der Waals surface area contributed by atoms with Crippen LogP contribution >= 0.6 is 0 Å². The lowest BCUT2D eigenvalue weighted by Gasteiger charge is -2.03. The van der Waals surface area contributed by atoms with Gasteiger partial charge in [-0.15, -0.1) is 0 Å². The summed E-state index contributed by atoms with van der Waals surface area (Å²) >= 11 is 0. The first kappa shape index (κ1) is 27.3. The molecule has 0 aliphatic rings. The van der Waals surface area contributed by atoms with Gasteiger partial charge < -0.3 is 29.9 Å². The molecule has 0 fully saturated rings. The third-order valence-corrected chi connectivity index (χ3v) is 2.49. The van der Waals surface area contributed by atoms with Crippen molar-refractivity contribution < 1.29 is 29.9 Å². The number of ether oxygens (including phenoxy) is 2. The quantitative estimate of drug-likeness (QED) is 0.613. The molecule has 0 aliphatic heterocycles. The number of hydrogen-bond acceptors (Lipinski definition) is 6. The van der Waals surface area contributed by atoms with E-state index in [9.17, 15) is 0 Å². The number of benzene rings is 2. The maximum atomic E-state index is 8.11. The van der Waals surface area contributed by atoms with Crippen molar-refractivity contribution >= 4 is 0 Å². The van der Waals surface area contributed by atoms with Crippen molar-refractivity contribution in [1.82, 2.24) is 0 Å². The van der Waals surface area contributed by atoms with Crippen LogP contribution in [0.25, 0.3) is 0 Å². The highest BCUT2D eigenvalue weighted by molar-refractivity contribution is 5.30. The summed E-state index contributed by atoms with van der Waals surface area (Å²) in [5, 5.41) is 31.3. The third kappa shape index (κ3) is 22.0. The average Bonchev–Trinajstić information content (AvgIpc) is 2.71. The van der Waals surface area contributed by atoms with Gasteiger partial charge >= 0.3 is 0 Å². The molecule has 2 aromatic carbocycles. The van der Waals surface area contributed by atoms with Gasteiger partial charge in [0.15, 0.2) is 0 Å². The summed E-state index contributed by atoms with van der Waals surface area (Å²) in [5.41, 5.74) is 0. The van der Waals surface area contributed by atoms with E-state index in [1.54, 1.807) is 0 Å². The second-order valence-electron chi connectivity index (χ2n) is 4.99. The molecule has 0 aliphatic carbocycles. The smallest absolute Gasteiger partial charge is 0.127 e. The maximum Gasteiger partial charge on any atom is 0.127 e. The predicted molar refractivity (Wildman–Crippen MR) is 108 cm³/mol. The van der Waals surface area contributed by atoms with Gasteiger partial charge in [-0.3, -0.25) is 0 Å². The third-order valence-electron chi connectivity index (χ3n) is 2.49. The van der Waals surface area contributed by atoms with E-state index < -0.39 is 6.10 Å². The first-order chi connectivity index (χ1) is 13.0. The van der Waals surface area contributed by atoms with Crippen LogP contribution in [0, 0.1) is 0 Å². The minimum atomic E-state index is -0.560. The molecule has 27 heavy (non-hydrogen) atoms. The lowest BCUT2D eigenvalue weighted by atomic mass is 10.3. The highest BCUT2D eigenvalue weighted by Gasteiger charge is 1.92. The largest absolute Gasteiger partial charge is 0.457 e. The molecule has 0 saturated carbocycles. The molecule has 0 amide bonds. The summed E-state index contributed by atoms with van der Waals surface area (Å²) < 4.78 is 10.4. The van der Waals surface area contributed by atoms with Crippen LogP contribution in [-0.4, -0.2) is 59.6 Å². The summed E-state index contributed by atoms with van der Waals surface area (Å²) in [6, 6.07) is 19.5. The van der Waals surface area contributed by atoms with Gasteiger partial charge in [0.25, 0.3) is 0 Å². The van der Waals surface area contributed by atoms with Crippen LogP contribution in [0.5, 0.6) is 11.5 Å². The van der Waals surface area contributed by atoms with Gasteiger partial charge in [-0.05, 0) is 45.0 Å². The average molecular weight is 382 g/mol. The highest BCUT2D eigenvalue weighted by Crippen LogP contribution is 2.19. The number of aliphatic hydroxyl groups is 4. The zero-order chi connectivity index (χ0) is 20.8. The second-order valence-corrected chi connectivity index (χ2v) is 4.99. The summed E-state index contributed by atoms with van der Waals surface area (Å²) in [4.78, 5) is 0. The molecule has 0 aromatic heterocycles. The Balaban J connectivity index is 0.